The maximum absolute atomic E-state index is 13.2. The molecule has 186 valence electrons. The van der Waals surface area contributed by atoms with E-state index < -0.39 is 46.4 Å². The van der Waals surface area contributed by atoms with Crippen molar-refractivity contribution in [3.05, 3.63) is 94.8 Å². The van der Waals surface area contributed by atoms with Gasteiger partial charge in [0.25, 0.3) is 27.8 Å². The molecule has 0 radical (unpaired) electrons. The standard InChI is InChI=1S/C25H21FN2O7S/c1-15-2-9-20(10-3-15)36(33,34)35-14-19(29)13-27-23(30)16-4-11-21-22(12-16)25(32)28(24(21)31)18-7-5-17(26)6-8-18/h2-12,19,29H,13-14H2,1H3,(H,27,30). The molecule has 9 nitrogen and oxygen atoms in total. The Morgan fingerprint density at radius 1 is 1.00 bits per heavy atom. The second kappa shape index (κ2) is 9.97. The number of carbonyl (C=O) groups excluding carboxylic acids is 3. The summed E-state index contributed by atoms with van der Waals surface area (Å²) in [5.74, 6) is -2.43. The van der Waals surface area contributed by atoms with Gasteiger partial charge in [-0.3, -0.25) is 18.6 Å². The molecule has 0 saturated heterocycles. The molecule has 0 fully saturated rings. The van der Waals surface area contributed by atoms with Crippen LogP contribution in [0.2, 0.25) is 0 Å². The predicted octanol–water partition coefficient (Wildman–Crippen LogP) is 2.43. The van der Waals surface area contributed by atoms with Crippen LogP contribution < -0.4 is 10.2 Å². The van der Waals surface area contributed by atoms with Crippen molar-refractivity contribution >= 4 is 33.5 Å². The number of amides is 3. The molecule has 0 spiro atoms. The van der Waals surface area contributed by atoms with Gasteiger partial charge in [0, 0.05) is 12.1 Å². The average molecular weight is 513 g/mol. The van der Waals surface area contributed by atoms with E-state index in [9.17, 15) is 32.3 Å². The lowest BCUT2D eigenvalue weighted by Gasteiger charge is -2.13. The van der Waals surface area contributed by atoms with Crippen LogP contribution in [-0.4, -0.2) is 50.5 Å². The van der Waals surface area contributed by atoms with Gasteiger partial charge in [0.2, 0.25) is 0 Å². The van der Waals surface area contributed by atoms with Gasteiger partial charge in [-0.05, 0) is 61.5 Å². The highest BCUT2D eigenvalue weighted by molar-refractivity contribution is 7.86. The molecule has 1 aliphatic heterocycles. The van der Waals surface area contributed by atoms with Crippen LogP contribution in [0.1, 0.15) is 36.6 Å². The van der Waals surface area contributed by atoms with Crippen molar-refractivity contribution in [2.75, 3.05) is 18.1 Å². The maximum Gasteiger partial charge on any atom is 0.297 e. The van der Waals surface area contributed by atoms with E-state index in [4.69, 9.17) is 4.18 Å². The van der Waals surface area contributed by atoms with E-state index in [0.29, 0.717) is 0 Å². The monoisotopic (exact) mass is 512 g/mol. The molecular weight excluding hydrogens is 491 g/mol. The highest BCUT2D eigenvalue weighted by Crippen LogP contribution is 2.29. The zero-order chi connectivity index (χ0) is 26.0. The first kappa shape index (κ1) is 25.2. The van der Waals surface area contributed by atoms with Crippen molar-refractivity contribution < 1.29 is 36.5 Å². The third-order valence-electron chi connectivity index (χ3n) is 5.46. The summed E-state index contributed by atoms with van der Waals surface area (Å²) < 4.78 is 42.5. The first-order valence-electron chi connectivity index (χ1n) is 10.8. The van der Waals surface area contributed by atoms with Gasteiger partial charge in [-0.25, -0.2) is 9.29 Å². The topological polar surface area (TPSA) is 130 Å². The Labute approximate surface area is 206 Å². The third kappa shape index (κ3) is 5.18. The van der Waals surface area contributed by atoms with Crippen molar-refractivity contribution in [1.29, 1.82) is 0 Å². The highest BCUT2D eigenvalue weighted by atomic mass is 32.2. The Bertz CT molecular complexity index is 1440. The number of aryl methyl sites for hydroxylation is 1. The van der Waals surface area contributed by atoms with Crippen LogP contribution in [-0.2, 0) is 14.3 Å². The molecule has 0 bridgehead atoms. The smallest absolute Gasteiger partial charge is 0.297 e. The van der Waals surface area contributed by atoms with Crippen molar-refractivity contribution in [1.82, 2.24) is 5.32 Å². The van der Waals surface area contributed by atoms with E-state index in [1.165, 1.54) is 42.5 Å². The van der Waals surface area contributed by atoms with Crippen molar-refractivity contribution in [2.24, 2.45) is 0 Å². The van der Waals surface area contributed by atoms with Gasteiger partial charge in [0.15, 0.2) is 0 Å². The molecule has 36 heavy (non-hydrogen) atoms. The number of fused-ring (bicyclic) bond motifs is 1. The average Bonchev–Trinajstić information content (AvgIpc) is 3.11. The fraction of sp³-hybridized carbons (Fsp3) is 0.160. The SMILES string of the molecule is Cc1ccc(S(=O)(=O)OCC(O)CNC(=O)c2ccc3c(c2)C(=O)N(c2ccc(F)cc2)C3=O)cc1. The van der Waals surface area contributed by atoms with E-state index in [2.05, 4.69) is 5.32 Å². The summed E-state index contributed by atoms with van der Waals surface area (Å²) in [5, 5.41) is 12.5. The lowest BCUT2D eigenvalue weighted by Crippen LogP contribution is -2.35. The summed E-state index contributed by atoms with van der Waals surface area (Å²) in [6, 6.07) is 14.8. The van der Waals surface area contributed by atoms with Crippen LogP contribution in [0.15, 0.2) is 71.6 Å². The van der Waals surface area contributed by atoms with Crippen LogP contribution >= 0.6 is 0 Å². The number of nitrogens with zero attached hydrogens (tertiary/aromatic N) is 1. The number of halogens is 1. The van der Waals surface area contributed by atoms with Gasteiger partial charge in [-0.2, -0.15) is 8.42 Å². The first-order chi connectivity index (χ1) is 17.1. The fourth-order valence-corrected chi connectivity index (χ4v) is 4.46. The summed E-state index contributed by atoms with van der Waals surface area (Å²) in [6.07, 6.45) is -1.33. The Balaban J connectivity index is 1.37. The molecule has 3 aromatic rings. The van der Waals surface area contributed by atoms with Gasteiger partial charge >= 0.3 is 0 Å². The fourth-order valence-electron chi connectivity index (χ4n) is 3.52. The number of aliphatic hydroxyl groups excluding tert-OH is 1. The minimum Gasteiger partial charge on any atom is -0.389 e. The first-order valence-corrected chi connectivity index (χ1v) is 12.2. The van der Waals surface area contributed by atoms with Crippen LogP contribution in [0.3, 0.4) is 0 Å². The lowest BCUT2D eigenvalue weighted by atomic mass is 10.1. The van der Waals surface area contributed by atoms with Crippen LogP contribution in [0.5, 0.6) is 0 Å². The minimum absolute atomic E-state index is 0.00467. The number of nitrogens with one attached hydrogen (secondary N) is 1. The Kier molecular flexibility index (Phi) is 6.97. The Morgan fingerprint density at radius 2 is 1.64 bits per heavy atom. The highest BCUT2D eigenvalue weighted by Gasteiger charge is 2.37. The van der Waals surface area contributed by atoms with Crippen LogP contribution in [0.25, 0.3) is 0 Å². The van der Waals surface area contributed by atoms with E-state index in [-0.39, 0.29) is 33.8 Å². The summed E-state index contributed by atoms with van der Waals surface area (Å²) >= 11 is 0. The number of rotatable bonds is 8. The molecule has 2 N–H and O–H groups in total. The molecule has 0 aromatic heterocycles. The van der Waals surface area contributed by atoms with E-state index in [0.717, 1.165) is 22.6 Å². The van der Waals surface area contributed by atoms with Crippen molar-refractivity contribution in [2.45, 2.75) is 17.9 Å². The zero-order valence-electron chi connectivity index (χ0n) is 19.0. The summed E-state index contributed by atoms with van der Waals surface area (Å²) in [7, 11) is -4.08. The number of benzene rings is 3. The number of hydrogen-bond acceptors (Lipinski definition) is 7. The number of imide groups is 1. The van der Waals surface area contributed by atoms with Crippen LogP contribution in [0, 0.1) is 12.7 Å². The molecular formula is C25H21FN2O7S. The van der Waals surface area contributed by atoms with E-state index in [1.54, 1.807) is 19.1 Å². The lowest BCUT2D eigenvalue weighted by molar-refractivity contribution is 0.0852. The van der Waals surface area contributed by atoms with E-state index >= 15 is 0 Å². The van der Waals surface area contributed by atoms with Gasteiger partial charge in [0.1, 0.15) is 5.82 Å². The molecule has 0 aliphatic carbocycles. The molecule has 3 aromatic carbocycles. The predicted molar refractivity (Wildman–Crippen MR) is 127 cm³/mol. The second-order valence-electron chi connectivity index (χ2n) is 8.10. The molecule has 0 saturated carbocycles. The third-order valence-corrected chi connectivity index (χ3v) is 6.75. The van der Waals surface area contributed by atoms with Gasteiger partial charge in [-0.15, -0.1) is 0 Å². The number of aliphatic hydroxyl groups is 1. The quantitative estimate of drug-likeness (QED) is 0.350. The van der Waals surface area contributed by atoms with Crippen molar-refractivity contribution in [3.8, 4) is 0 Å². The molecule has 11 heteroatoms. The normalized spacial score (nSPS) is 14.0. The summed E-state index contributed by atoms with van der Waals surface area (Å²) in [4.78, 5) is 38.9. The molecule has 4 rings (SSSR count). The minimum atomic E-state index is -4.08. The summed E-state index contributed by atoms with van der Waals surface area (Å²) in [5.41, 5.74) is 1.21. The molecule has 1 aliphatic rings. The number of hydrogen-bond donors (Lipinski definition) is 2. The number of anilines is 1. The largest absolute Gasteiger partial charge is 0.389 e. The van der Waals surface area contributed by atoms with Gasteiger partial charge < -0.3 is 10.4 Å². The molecule has 1 heterocycles. The van der Waals surface area contributed by atoms with Gasteiger partial charge in [-0.1, -0.05) is 17.7 Å². The molecule has 1 atom stereocenters. The Hall–Kier alpha value is -3.93. The Morgan fingerprint density at radius 3 is 2.31 bits per heavy atom. The van der Waals surface area contributed by atoms with Crippen LogP contribution in [0.4, 0.5) is 10.1 Å². The second-order valence-corrected chi connectivity index (χ2v) is 9.71. The van der Waals surface area contributed by atoms with Crippen molar-refractivity contribution in [3.63, 3.8) is 0 Å². The van der Waals surface area contributed by atoms with E-state index in [1.807, 2.05) is 0 Å². The molecule has 1 unspecified atom stereocenters. The molecule has 3 amide bonds. The summed E-state index contributed by atoms with van der Waals surface area (Å²) in [6.45, 7) is 0.897. The van der Waals surface area contributed by atoms with Gasteiger partial charge in [0.05, 0.1) is 34.4 Å². The maximum atomic E-state index is 13.2. The number of carbonyl (C=O) groups is 3. The zero-order valence-corrected chi connectivity index (χ0v) is 19.8.